The normalized spacial score (nSPS) is 16.4. The van der Waals surface area contributed by atoms with E-state index in [2.05, 4.69) is 23.9 Å². The zero-order chi connectivity index (χ0) is 14.9. The standard InChI is InChI=1S/C14H24N4O2/c1-5-11-16-12(14(19)20-4)13(15)18(11)8-9(2)17(3)10-6-7-10/h9-10H,5-8,15H2,1-4H3. The van der Waals surface area contributed by atoms with Gasteiger partial charge in [-0.05, 0) is 26.8 Å². The van der Waals surface area contributed by atoms with E-state index in [1.165, 1.54) is 20.0 Å². The first-order valence-corrected chi connectivity index (χ1v) is 7.14. The van der Waals surface area contributed by atoms with Crippen molar-refractivity contribution >= 4 is 11.8 Å². The summed E-state index contributed by atoms with van der Waals surface area (Å²) in [6, 6.07) is 1.05. The van der Waals surface area contributed by atoms with Crippen molar-refractivity contribution < 1.29 is 9.53 Å². The van der Waals surface area contributed by atoms with Gasteiger partial charge in [0.05, 0.1) is 7.11 Å². The maximum atomic E-state index is 11.7. The van der Waals surface area contributed by atoms with E-state index in [0.29, 0.717) is 17.9 Å². The Balaban J connectivity index is 2.21. The van der Waals surface area contributed by atoms with Gasteiger partial charge in [-0.1, -0.05) is 6.92 Å². The number of likely N-dealkylation sites (N-methyl/N-ethyl adjacent to an activating group) is 1. The fraction of sp³-hybridized carbons (Fsp3) is 0.714. The molecule has 112 valence electrons. The topological polar surface area (TPSA) is 73.4 Å². The van der Waals surface area contributed by atoms with Crippen LogP contribution in [0.4, 0.5) is 5.82 Å². The van der Waals surface area contributed by atoms with Crippen LogP contribution in [0.3, 0.4) is 0 Å². The molecule has 0 aromatic carbocycles. The maximum absolute atomic E-state index is 11.7. The lowest BCUT2D eigenvalue weighted by molar-refractivity contribution is 0.0595. The molecular formula is C14H24N4O2. The van der Waals surface area contributed by atoms with E-state index in [9.17, 15) is 4.79 Å². The van der Waals surface area contributed by atoms with Gasteiger partial charge >= 0.3 is 5.97 Å². The average Bonchev–Trinajstić information content (AvgIpc) is 3.24. The van der Waals surface area contributed by atoms with Crippen LogP contribution in [0.25, 0.3) is 0 Å². The second-order valence-electron chi connectivity index (χ2n) is 5.46. The van der Waals surface area contributed by atoms with Gasteiger partial charge in [0.1, 0.15) is 11.6 Å². The summed E-state index contributed by atoms with van der Waals surface area (Å²) in [6.07, 6.45) is 3.28. The van der Waals surface area contributed by atoms with Gasteiger partial charge in [0, 0.05) is 25.0 Å². The average molecular weight is 280 g/mol. The molecule has 1 fully saturated rings. The Labute approximate surface area is 119 Å². The van der Waals surface area contributed by atoms with E-state index in [4.69, 9.17) is 10.5 Å². The number of carbonyl (C=O) groups is 1. The molecule has 0 spiro atoms. The fourth-order valence-electron chi connectivity index (χ4n) is 2.47. The lowest BCUT2D eigenvalue weighted by Gasteiger charge is -2.25. The van der Waals surface area contributed by atoms with E-state index < -0.39 is 5.97 Å². The zero-order valence-corrected chi connectivity index (χ0v) is 12.7. The monoisotopic (exact) mass is 280 g/mol. The van der Waals surface area contributed by atoms with E-state index >= 15 is 0 Å². The van der Waals surface area contributed by atoms with Gasteiger partial charge in [0.2, 0.25) is 0 Å². The fourth-order valence-corrected chi connectivity index (χ4v) is 2.47. The van der Waals surface area contributed by atoms with Gasteiger partial charge in [0.15, 0.2) is 5.69 Å². The lowest BCUT2D eigenvalue weighted by atomic mass is 10.2. The number of nitrogens with zero attached hydrogens (tertiary/aromatic N) is 3. The number of esters is 1. The number of ether oxygens (including phenoxy) is 1. The third kappa shape index (κ3) is 2.80. The summed E-state index contributed by atoms with van der Waals surface area (Å²) < 4.78 is 6.67. The summed E-state index contributed by atoms with van der Waals surface area (Å²) in [6.45, 7) is 4.93. The highest BCUT2D eigenvalue weighted by Gasteiger charge is 2.30. The number of hydrogen-bond donors (Lipinski definition) is 1. The molecule has 1 saturated carbocycles. The van der Waals surface area contributed by atoms with E-state index in [0.717, 1.165) is 18.8 Å². The second kappa shape index (κ2) is 5.83. The summed E-state index contributed by atoms with van der Waals surface area (Å²) in [5.74, 6) is 0.767. The molecule has 1 atom stereocenters. The number of anilines is 1. The number of imidazole rings is 1. The molecule has 6 nitrogen and oxygen atoms in total. The smallest absolute Gasteiger partial charge is 0.360 e. The van der Waals surface area contributed by atoms with Crippen LogP contribution in [0.15, 0.2) is 0 Å². The minimum atomic E-state index is -0.473. The molecule has 1 aliphatic carbocycles. The number of rotatable bonds is 6. The van der Waals surface area contributed by atoms with Gasteiger partial charge < -0.3 is 15.0 Å². The SMILES string of the molecule is CCc1nc(C(=O)OC)c(N)n1CC(C)N(C)C1CC1. The number of hydrogen-bond acceptors (Lipinski definition) is 5. The molecule has 0 aliphatic heterocycles. The molecule has 0 amide bonds. The van der Waals surface area contributed by atoms with Crippen LogP contribution in [0.2, 0.25) is 0 Å². The van der Waals surface area contributed by atoms with Gasteiger partial charge in [-0.3, -0.25) is 4.90 Å². The molecule has 1 unspecified atom stereocenters. The van der Waals surface area contributed by atoms with Crippen LogP contribution in [-0.2, 0) is 17.7 Å². The van der Waals surface area contributed by atoms with Crippen molar-refractivity contribution in [3.8, 4) is 0 Å². The highest BCUT2D eigenvalue weighted by Crippen LogP contribution is 2.28. The Kier molecular flexibility index (Phi) is 4.32. The van der Waals surface area contributed by atoms with Crippen LogP contribution in [0.5, 0.6) is 0 Å². The molecule has 2 rings (SSSR count). The molecule has 2 N–H and O–H groups in total. The first-order chi connectivity index (χ1) is 9.49. The van der Waals surface area contributed by atoms with Crippen molar-refractivity contribution in [3.05, 3.63) is 11.5 Å². The van der Waals surface area contributed by atoms with Crippen LogP contribution < -0.4 is 5.73 Å². The van der Waals surface area contributed by atoms with Crippen LogP contribution in [0.1, 0.15) is 43.0 Å². The summed E-state index contributed by atoms with van der Waals surface area (Å²) in [7, 11) is 3.48. The number of nitrogen functional groups attached to an aromatic ring is 1. The molecule has 0 bridgehead atoms. The Morgan fingerprint density at radius 2 is 2.25 bits per heavy atom. The predicted molar refractivity (Wildman–Crippen MR) is 77.6 cm³/mol. The number of aromatic nitrogens is 2. The predicted octanol–water partition coefficient (Wildman–Crippen LogP) is 1.30. The Hall–Kier alpha value is -1.56. The summed E-state index contributed by atoms with van der Waals surface area (Å²) >= 11 is 0. The zero-order valence-electron chi connectivity index (χ0n) is 12.7. The maximum Gasteiger partial charge on any atom is 0.360 e. The first kappa shape index (κ1) is 14.8. The Morgan fingerprint density at radius 1 is 1.60 bits per heavy atom. The summed E-state index contributed by atoms with van der Waals surface area (Å²) in [5, 5.41) is 0. The molecule has 1 aromatic heterocycles. The van der Waals surface area contributed by atoms with Crippen LogP contribution >= 0.6 is 0 Å². The first-order valence-electron chi connectivity index (χ1n) is 7.14. The third-order valence-corrected chi connectivity index (χ3v) is 4.05. The highest BCUT2D eigenvalue weighted by molar-refractivity contribution is 5.92. The summed E-state index contributed by atoms with van der Waals surface area (Å²) in [5.41, 5.74) is 6.30. The van der Waals surface area contributed by atoms with Gasteiger partial charge in [-0.15, -0.1) is 0 Å². The van der Waals surface area contributed by atoms with Crippen LogP contribution in [-0.4, -0.2) is 46.7 Å². The molecule has 0 radical (unpaired) electrons. The van der Waals surface area contributed by atoms with Gasteiger partial charge in [-0.2, -0.15) is 0 Å². The largest absolute Gasteiger partial charge is 0.464 e. The van der Waals surface area contributed by atoms with Gasteiger partial charge in [0.25, 0.3) is 0 Å². The molecule has 1 aromatic rings. The second-order valence-corrected chi connectivity index (χ2v) is 5.46. The number of methoxy groups -OCH3 is 1. The van der Waals surface area contributed by atoms with Crippen molar-refractivity contribution in [2.75, 3.05) is 19.9 Å². The van der Waals surface area contributed by atoms with E-state index in [1.807, 2.05) is 11.5 Å². The van der Waals surface area contributed by atoms with E-state index in [1.54, 1.807) is 0 Å². The molecule has 1 aliphatic rings. The minimum absolute atomic E-state index is 0.227. The van der Waals surface area contributed by atoms with Crippen molar-refractivity contribution in [2.45, 2.75) is 51.7 Å². The van der Waals surface area contributed by atoms with Gasteiger partial charge in [-0.25, -0.2) is 9.78 Å². The van der Waals surface area contributed by atoms with Crippen LogP contribution in [0, 0.1) is 0 Å². The number of aryl methyl sites for hydroxylation is 1. The molecule has 1 heterocycles. The number of carbonyl (C=O) groups excluding carboxylic acids is 1. The third-order valence-electron chi connectivity index (χ3n) is 4.05. The Morgan fingerprint density at radius 3 is 2.75 bits per heavy atom. The molecular weight excluding hydrogens is 256 g/mol. The minimum Gasteiger partial charge on any atom is -0.464 e. The van der Waals surface area contributed by atoms with E-state index in [-0.39, 0.29) is 5.69 Å². The molecule has 0 saturated heterocycles. The van der Waals surface area contributed by atoms with Crippen molar-refractivity contribution in [3.63, 3.8) is 0 Å². The van der Waals surface area contributed by atoms with Crippen molar-refractivity contribution in [1.82, 2.24) is 14.5 Å². The quantitative estimate of drug-likeness (QED) is 0.795. The Bertz CT molecular complexity index is 494. The highest BCUT2D eigenvalue weighted by atomic mass is 16.5. The number of nitrogens with two attached hydrogens (primary N) is 1. The van der Waals surface area contributed by atoms with Crippen molar-refractivity contribution in [1.29, 1.82) is 0 Å². The lowest BCUT2D eigenvalue weighted by Crippen LogP contribution is -2.35. The molecule has 6 heteroatoms. The van der Waals surface area contributed by atoms with Crippen molar-refractivity contribution in [2.24, 2.45) is 0 Å². The summed E-state index contributed by atoms with van der Waals surface area (Å²) in [4.78, 5) is 18.4. The molecule has 20 heavy (non-hydrogen) atoms.